The highest BCUT2D eigenvalue weighted by Crippen LogP contribution is 2.27. The Balaban J connectivity index is 2.28. The molecule has 6 heteroatoms. The zero-order valence-corrected chi connectivity index (χ0v) is 12.5. The van der Waals surface area contributed by atoms with Gasteiger partial charge in [0.05, 0.1) is 14.9 Å². The number of nitrogens with zero attached hydrogens (tertiary/aromatic N) is 1. The normalized spacial score (nSPS) is 11.9. The maximum Gasteiger partial charge on any atom is 0.268 e. The van der Waals surface area contributed by atoms with Crippen molar-refractivity contribution in [2.24, 2.45) is 0 Å². The van der Waals surface area contributed by atoms with Crippen LogP contribution in [0, 0.1) is 5.82 Å². The molecule has 0 spiro atoms. The Morgan fingerprint density at radius 2 is 1.75 bits per heavy atom. The maximum absolute atomic E-state index is 13.5. The Labute approximate surface area is 123 Å². The Kier molecular flexibility index (Phi) is 3.14. The van der Waals surface area contributed by atoms with Gasteiger partial charge in [0.1, 0.15) is 5.82 Å². The van der Waals surface area contributed by atoms with Gasteiger partial charge >= 0.3 is 0 Å². The first-order valence-corrected chi connectivity index (χ1v) is 8.00. The van der Waals surface area contributed by atoms with E-state index in [9.17, 15) is 12.8 Å². The Hall–Kier alpha value is -1.66. The zero-order valence-electron chi connectivity index (χ0n) is 10.1. The van der Waals surface area contributed by atoms with Crippen LogP contribution in [-0.2, 0) is 10.0 Å². The van der Waals surface area contributed by atoms with Gasteiger partial charge in [-0.1, -0.05) is 18.2 Å². The van der Waals surface area contributed by atoms with Crippen LogP contribution in [0.1, 0.15) is 0 Å². The second kappa shape index (κ2) is 4.71. The number of benzene rings is 2. The van der Waals surface area contributed by atoms with Gasteiger partial charge in [-0.15, -0.1) is 0 Å². The van der Waals surface area contributed by atoms with E-state index >= 15 is 0 Å². The summed E-state index contributed by atoms with van der Waals surface area (Å²) in [6.07, 6.45) is 1.43. The van der Waals surface area contributed by atoms with E-state index in [2.05, 4.69) is 15.9 Å². The van der Waals surface area contributed by atoms with Crippen molar-refractivity contribution >= 4 is 36.9 Å². The minimum Gasteiger partial charge on any atom is -0.241 e. The van der Waals surface area contributed by atoms with Crippen molar-refractivity contribution in [2.75, 3.05) is 0 Å². The molecule has 3 rings (SSSR count). The van der Waals surface area contributed by atoms with Crippen LogP contribution >= 0.6 is 15.9 Å². The predicted octanol–water partition coefficient (Wildman–Crippen LogP) is 3.78. The van der Waals surface area contributed by atoms with E-state index in [4.69, 9.17) is 0 Å². The van der Waals surface area contributed by atoms with Crippen LogP contribution in [0.3, 0.4) is 0 Å². The number of rotatable bonds is 2. The van der Waals surface area contributed by atoms with E-state index in [0.717, 1.165) is 3.97 Å². The van der Waals surface area contributed by atoms with Crippen LogP contribution in [0.2, 0.25) is 0 Å². The molecular formula is C14H9BrFNO2S. The average Bonchev–Trinajstić information content (AvgIpc) is 2.84. The third-order valence-corrected chi connectivity index (χ3v) is 5.31. The molecule has 1 aromatic heterocycles. The highest BCUT2D eigenvalue weighted by atomic mass is 79.9. The van der Waals surface area contributed by atoms with Gasteiger partial charge in [-0.3, -0.25) is 0 Å². The lowest BCUT2D eigenvalue weighted by molar-refractivity contribution is 0.589. The zero-order chi connectivity index (χ0) is 14.3. The molecule has 3 aromatic rings. The minimum atomic E-state index is -3.68. The molecule has 0 aliphatic rings. The summed E-state index contributed by atoms with van der Waals surface area (Å²) in [6, 6.07) is 12.5. The maximum atomic E-state index is 13.5. The van der Waals surface area contributed by atoms with Crippen LogP contribution in [0.25, 0.3) is 10.9 Å². The van der Waals surface area contributed by atoms with E-state index in [0.29, 0.717) is 10.9 Å². The van der Waals surface area contributed by atoms with Crippen LogP contribution in [0.5, 0.6) is 0 Å². The molecule has 2 aromatic carbocycles. The summed E-state index contributed by atoms with van der Waals surface area (Å²) >= 11 is 3.08. The van der Waals surface area contributed by atoms with Gasteiger partial charge < -0.3 is 0 Å². The first-order chi connectivity index (χ1) is 9.50. The average molecular weight is 354 g/mol. The van der Waals surface area contributed by atoms with Crippen LogP contribution in [-0.4, -0.2) is 12.4 Å². The smallest absolute Gasteiger partial charge is 0.241 e. The monoisotopic (exact) mass is 353 g/mol. The Bertz CT molecular complexity index is 888. The molecule has 0 radical (unpaired) electrons. The molecule has 0 unspecified atom stereocenters. The molecule has 0 amide bonds. The number of hydrogen-bond acceptors (Lipinski definition) is 2. The molecule has 0 aliphatic heterocycles. The van der Waals surface area contributed by atoms with Gasteiger partial charge in [0, 0.05) is 11.6 Å². The molecule has 0 saturated heterocycles. The largest absolute Gasteiger partial charge is 0.268 e. The fourth-order valence-corrected chi connectivity index (χ4v) is 3.72. The highest BCUT2D eigenvalue weighted by molar-refractivity contribution is 9.10. The lowest BCUT2D eigenvalue weighted by Crippen LogP contribution is -2.11. The van der Waals surface area contributed by atoms with Gasteiger partial charge in [0.25, 0.3) is 10.0 Å². The van der Waals surface area contributed by atoms with Gasteiger partial charge in [-0.25, -0.2) is 16.8 Å². The van der Waals surface area contributed by atoms with Crippen molar-refractivity contribution in [3.8, 4) is 0 Å². The molecule has 0 atom stereocenters. The van der Waals surface area contributed by atoms with Gasteiger partial charge in [-0.2, -0.15) is 0 Å². The van der Waals surface area contributed by atoms with Crippen molar-refractivity contribution in [2.45, 2.75) is 4.90 Å². The molecule has 0 N–H and O–H groups in total. The molecule has 102 valence electrons. The number of halogens is 2. The number of hydrogen-bond donors (Lipinski definition) is 0. The third kappa shape index (κ3) is 2.05. The summed E-state index contributed by atoms with van der Waals surface area (Å²) in [5, 5.41) is 0.533. The molecule has 3 nitrogen and oxygen atoms in total. The summed E-state index contributed by atoms with van der Waals surface area (Å²) < 4.78 is 40.0. The van der Waals surface area contributed by atoms with Gasteiger partial charge in [-0.05, 0) is 46.3 Å². The Morgan fingerprint density at radius 1 is 1.05 bits per heavy atom. The second-order valence-electron chi connectivity index (χ2n) is 4.25. The molecule has 0 aliphatic carbocycles. The number of aromatic nitrogens is 1. The molecule has 0 bridgehead atoms. The fraction of sp³-hybridized carbons (Fsp3) is 0. The first kappa shape index (κ1) is 13.3. The topological polar surface area (TPSA) is 39.1 Å². The van der Waals surface area contributed by atoms with Crippen LogP contribution < -0.4 is 0 Å². The van der Waals surface area contributed by atoms with Crippen molar-refractivity contribution in [3.05, 3.63) is 65.0 Å². The Morgan fingerprint density at radius 3 is 2.45 bits per heavy atom. The van der Waals surface area contributed by atoms with Crippen molar-refractivity contribution < 1.29 is 12.8 Å². The fourth-order valence-electron chi connectivity index (χ4n) is 2.02. The molecule has 0 fully saturated rings. The van der Waals surface area contributed by atoms with E-state index in [1.54, 1.807) is 24.3 Å². The van der Waals surface area contributed by atoms with Crippen molar-refractivity contribution in [1.29, 1.82) is 0 Å². The second-order valence-corrected chi connectivity index (χ2v) is 6.92. The first-order valence-electron chi connectivity index (χ1n) is 5.77. The molecule has 1 heterocycles. The lowest BCUT2D eigenvalue weighted by atomic mass is 10.2. The number of fused-ring (bicyclic) bond motifs is 1. The standard InChI is InChI=1S/C14H9BrFNO2S/c15-12-9-14-10(8-13(12)16)6-7-17(14)20(18,19)11-4-2-1-3-5-11/h1-9H. The van der Waals surface area contributed by atoms with Gasteiger partial charge in [0.15, 0.2) is 0 Å². The quantitative estimate of drug-likeness (QED) is 0.703. The van der Waals surface area contributed by atoms with Crippen LogP contribution in [0.4, 0.5) is 4.39 Å². The van der Waals surface area contributed by atoms with Crippen LogP contribution in [0.15, 0.2) is 64.1 Å². The third-order valence-electron chi connectivity index (χ3n) is 3.00. The van der Waals surface area contributed by atoms with E-state index in [-0.39, 0.29) is 9.37 Å². The van der Waals surface area contributed by atoms with E-state index in [1.165, 1.54) is 30.5 Å². The summed E-state index contributed by atoms with van der Waals surface area (Å²) in [6.45, 7) is 0. The SMILES string of the molecule is O=S(=O)(c1ccccc1)n1ccc2cc(F)c(Br)cc21. The minimum absolute atomic E-state index is 0.193. The highest BCUT2D eigenvalue weighted by Gasteiger charge is 2.19. The van der Waals surface area contributed by atoms with E-state index in [1.807, 2.05) is 0 Å². The molecular weight excluding hydrogens is 345 g/mol. The predicted molar refractivity (Wildman–Crippen MR) is 78.6 cm³/mol. The lowest BCUT2D eigenvalue weighted by Gasteiger charge is -2.07. The summed E-state index contributed by atoms with van der Waals surface area (Å²) in [7, 11) is -3.68. The molecule has 0 saturated carbocycles. The van der Waals surface area contributed by atoms with Gasteiger partial charge in [0.2, 0.25) is 0 Å². The van der Waals surface area contributed by atoms with Crippen molar-refractivity contribution in [3.63, 3.8) is 0 Å². The van der Waals surface area contributed by atoms with Crippen molar-refractivity contribution in [1.82, 2.24) is 3.97 Å². The summed E-state index contributed by atoms with van der Waals surface area (Å²) in [5.74, 6) is -0.424. The summed E-state index contributed by atoms with van der Waals surface area (Å²) in [4.78, 5) is 0.193. The van der Waals surface area contributed by atoms with E-state index < -0.39 is 15.8 Å². The molecule has 20 heavy (non-hydrogen) atoms. The summed E-state index contributed by atoms with van der Waals surface area (Å²) in [5.41, 5.74) is 0.433.